The Kier molecular flexibility index (Phi) is 5.58. The highest BCUT2D eigenvalue weighted by molar-refractivity contribution is 8.22. The Balaban J connectivity index is 1.80. The van der Waals surface area contributed by atoms with Crippen molar-refractivity contribution in [3.8, 4) is 0 Å². The summed E-state index contributed by atoms with van der Waals surface area (Å²) in [5.41, 5.74) is 3.01. The summed E-state index contributed by atoms with van der Waals surface area (Å²) in [5.74, 6) is 0. The molecule has 2 heterocycles. The molecule has 0 radical (unpaired) electrons. The van der Waals surface area contributed by atoms with Gasteiger partial charge >= 0.3 is 0 Å². The zero-order chi connectivity index (χ0) is 20.3. The largest absolute Gasteiger partial charge is 0.107 e. The van der Waals surface area contributed by atoms with Crippen LogP contribution in [0.25, 0.3) is 0 Å². The molecule has 0 aliphatic carbocycles. The minimum atomic E-state index is -1.59. The molecule has 5 heteroatoms. The van der Waals surface area contributed by atoms with Gasteiger partial charge in [0.15, 0.2) is 0 Å². The van der Waals surface area contributed by atoms with Crippen molar-refractivity contribution in [2.75, 3.05) is 0 Å². The molecule has 0 bridgehead atoms. The highest BCUT2D eigenvalue weighted by Crippen LogP contribution is 2.63. The molecule has 28 heavy (non-hydrogen) atoms. The lowest BCUT2D eigenvalue weighted by molar-refractivity contribution is 1.03. The van der Waals surface area contributed by atoms with Crippen molar-refractivity contribution < 1.29 is 0 Å². The van der Waals surface area contributed by atoms with Gasteiger partial charge in [0, 0.05) is 19.6 Å². The summed E-state index contributed by atoms with van der Waals surface area (Å²) in [6.45, 7) is 17.1. The van der Waals surface area contributed by atoms with Crippen LogP contribution in [0.15, 0.2) is 49.9 Å². The lowest BCUT2D eigenvalue weighted by atomic mass is 10.2. The fourth-order valence-corrected chi connectivity index (χ4v) is 14.6. The van der Waals surface area contributed by atoms with Crippen LogP contribution >= 0.6 is 47.0 Å². The van der Waals surface area contributed by atoms with Crippen molar-refractivity contribution in [2.45, 2.75) is 87.9 Å². The second-order valence-corrected chi connectivity index (χ2v) is 21.2. The maximum atomic E-state index is 2.61. The fraction of sp³-hybridized carbons (Fsp3) is 0.478. The first-order valence-corrected chi connectivity index (χ1v) is 16.5. The van der Waals surface area contributed by atoms with E-state index in [1.165, 1.54) is 23.6 Å². The summed E-state index contributed by atoms with van der Waals surface area (Å²) >= 11 is 8.43. The standard InChI is InChI=1S/C23H30S4Si/c1-15-17-19(26-22(2,3)24-17)21(20-18(15)25-23(4,5)27-20)28(6,7)14-13-16-11-9-8-10-12-16/h8-12H,13-14H2,1-7H3. The predicted molar refractivity (Wildman–Crippen MR) is 135 cm³/mol. The maximum Gasteiger partial charge on any atom is 0.0840 e. The zero-order valence-electron chi connectivity index (χ0n) is 17.9. The summed E-state index contributed by atoms with van der Waals surface area (Å²) in [5, 5.41) is 1.75. The molecule has 0 fully saturated rings. The topological polar surface area (TPSA) is 0 Å². The SMILES string of the molecule is Cc1c2c(c([Si](C)(C)CCc3ccccc3)c3c1SC(C)(C)S3)SC(C)(C)S2. The molecular formula is C23H30S4Si. The van der Waals surface area contributed by atoms with Crippen molar-refractivity contribution in [2.24, 2.45) is 0 Å². The van der Waals surface area contributed by atoms with Gasteiger partial charge in [-0.05, 0) is 63.4 Å². The average molecular weight is 463 g/mol. The van der Waals surface area contributed by atoms with E-state index >= 15 is 0 Å². The van der Waals surface area contributed by atoms with Gasteiger partial charge in [-0.2, -0.15) is 0 Å². The number of aryl methyl sites for hydroxylation is 1. The number of hydrogen-bond donors (Lipinski definition) is 0. The molecule has 0 nitrogen and oxygen atoms in total. The summed E-state index contributed by atoms with van der Waals surface area (Å²) in [6.07, 6.45) is 1.19. The Morgan fingerprint density at radius 3 is 1.71 bits per heavy atom. The minimum absolute atomic E-state index is 0.242. The molecule has 0 saturated heterocycles. The van der Waals surface area contributed by atoms with Gasteiger partial charge in [-0.3, -0.25) is 0 Å². The number of rotatable bonds is 4. The quantitative estimate of drug-likeness (QED) is 0.422. The summed E-state index contributed by atoms with van der Waals surface area (Å²) in [7, 11) is -1.59. The van der Waals surface area contributed by atoms with Gasteiger partial charge in [-0.15, -0.1) is 47.0 Å². The van der Waals surface area contributed by atoms with Crippen LogP contribution < -0.4 is 5.19 Å². The van der Waals surface area contributed by atoms with Crippen LogP contribution in [-0.2, 0) is 6.42 Å². The van der Waals surface area contributed by atoms with Gasteiger partial charge in [0.1, 0.15) is 0 Å². The van der Waals surface area contributed by atoms with Crippen LogP contribution in [0.4, 0.5) is 0 Å². The van der Waals surface area contributed by atoms with Gasteiger partial charge in [0.05, 0.1) is 16.2 Å². The third kappa shape index (κ3) is 3.99. The van der Waals surface area contributed by atoms with Crippen molar-refractivity contribution in [1.29, 1.82) is 0 Å². The first kappa shape index (κ1) is 21.3. The third-order valence-electron chi connectivity index (χ3n) is 5.50. The van der Waals surface area contributed by atoms with E-state index in [0.717, 1.165) is 0 Å². The Bertz CT molecular complexity index is 871. The van der Waals surface area contributed by atoms with Gasteiger partial charge in [-0.1, -0.05) is 43.4 Å². The molecule has 2 aromatic carbocycles. The first-order chi connectivity index (χ1) is 13.0. The predicted octanol–water partition coefficient (Wildman–Crippen LogP) is 8.02. The molecule has 0 atom stereocenters. The van der Waals surface area contributed by atoms with Crippen molar-refractivity contribution >= 4 is 60.3 Å². The minimum Gasteiger partial charge on any atom is -0.107 e. The molecule has 2 aliphatic rings. The Hall–Kier alpha value is 0.0569. The molecule has 0 spiro atoms. The fourth-order valence-electron chi connectivity index (χ4n) is 4.08. The molecule has 0 saturated carbocycles. The Morgan fingerprint density at radius 2 is 1.21 bits per heavy atom. The second kappa shape index (κ2) is 7.33. The van der Waals surface area contributed by atoms with Crippen LogP contribution in [0.2, 0.25) is 19.1 Å². The number of thioether (sulfide) groups is 4. The molecule has 0 N–H and O–H groups in total. The highest BCUT2D eigenvalue weighted by Gasteiger charge is 2.44. The molecule has 0 unspecified atom stereocenters. The van der Waals surface area contributed by atoms with E-state index in [9.17, 15) is 0 Å². The molecule has 150 valence electrons. The second-order valence-electron chi connectivity index (χ2n) is 9.39. The summed E-state index contributed by atoms with van der Waals surface area (Å²) in [4.78, 5) is 6.41. The van der Waals surface area contributed by atoms with Crippen LogP contribution in [0, 0.1) is 6.92 Å². The van der Waals surface area contributed by atoms with E-state index in [1.54, 1.807) is 24.8 Å². The van der Waals surface area contributed by atoms with E-state index in [4.69, 9.17) is 0 Å². The molecule has 0 aromatic heterocycles. The van der Waals surface area contributed by atoms with Crippen molar-refractivity contribution in [1.82, 2.24) is 0 Å². The normalized spacial score (nSPS) is 19.5. The number of hydrogen-bond acceptors (Lipinski definition) is 4. The molecular weight excluding hydrogens is 433 g/mol. The van der Waals surface area contributed by atoms with E-state index in [1.807, 2.05) is 0 Å². The lowest BCUT2D eigenvalue weighted by Gasteiger charge is -2.29. The molecule has 4 rings (SSSR count). The smallest absolute Gasteiger partial charge is 0.0840 e. The Morgan fingerprint density at radius 1 is 0.750 bits per heavy atom. The number of benzene rings is 2. The van der Waals surface area contributed by atoms with E-state index < -0.39 is 8.07 Å². The van der Waals surface area contributed by atoms with Crippen LogP contribution in [0.1, 0.15) is 38.8 Å². The molecule has 2 aliphatic heterocycles. The highest BCUT2D eigenvalue weighted by atomic mass is 32.2. The molecule has 0 amide bonds. The maximum absolute atomic E-state index is 2.61. The van der Waals surface area contributed by atoms with E-state index in [2.05, 4.69) is 125 Å². The van der Waals surface area contributed by atoms with Crippen LogP contribution in [-0.4, -0.2) is 16.2 Å². The number of fused-ring (bicyclic) bond motifs is 2. The van der Waals surface area contributed by atoms with Gasteiger partial charge in [0.2, 0.25) is 0 Å². The Labute approximate surface area is 188 Å². The summed E-state index contributed by atoms with van der Waals surface area (Å²) in [6, 6.07) is 12.4. The first-order valence-electron chi connectivity index (χ1n) is 10.0. The van der Waals surface area contributed by atoms with Gasteiger partial charge in [-0.25, -0.2) is 0 Å². The van der Waals surface area contributed by atoms with Gasteiger partial charge in [0.25, 0.3) is 0 Å². The zero-order valence-corrected chi connectivity index (χ0v) is 22.2. The van der Waals surface area contributed by atoms with Gasteiger partial charge < -0.3 is 0 Å². The summed E-state index contributed by atoms with van der Waals surface area (Å²) < 4.78 is 0.484. The average Bonchev–Trinajstić information content (AvgIpc) is 3.09. The molecule has 2 aromatic rings. The monoisotopic (exact) mass is 462 g/mol. The van der Waals surface area contributed by atoms with Crippen molar-refractivity contribution in [3.05, 3.63) is 41.5 Å². The van der Waals surface area contributed by atoms with Crippen LogP contribution in [0.3, 0.4) is 0 Å². The van der Waals surface area contributed by atoms with E-state index in [-0.39, 0.29) is 8.16 Å². The lowest BCUT2D eigenvalue weighted by Crippen LogP contribution is -2.44. The third-order valence-corrected chi connectivity index (χ3v) is 15.1. The van der Waals surface area contributed by atoms with E-state index in [0.29, 0.717) is 0 Å². The van der Waals surface area contributed by atoms with Crippen LogP contribution in [0.5, 0.6) is 0 Å². The van der Waals surface area contributed by atoms with Crippen molar-refractivity contribution in [3.63, 3.8) is 0 Å².